The Bertz CT molecular complexity index is 576. The lowest BCUT2D eigenvalue weighted by atomic mass is 10.1. The molecule has 2 aromatic rings. The average Bonchev–Trinajstić information content (AvgIpc) is 2.69. The van der Waals surface area contributed by atoms with Crippen LogP contribution in [-0.2, 0) is 17.9 Å². The number of carbonyl (C=O) groups is 1. The zero-order valence-electron chi connectivity index (χ0n) is 10.9. The van der Waals surface area contributed by atoms with E-state index in [1.54, 1.807) is 11.8 Å². The van der Waals surface area contributed by atoms with E-state index in [0.29, 0.717) is 23.0 Å². The number of ether oxygens (including phenoxy) is 1. The maximum Gasteiger partial charge on any atom is 0.155 e. The summed E-state index contributed by atoms with van der Waals surface area (Å²) in [5.74, 6) is 0. The summed E-state index contributed by atoms with van der Waals surface area (Å²) in [4.78, 5) is 11.0. The normalized spacial score (nSPS) is 10.7. The largest absolute Gasteiger partial charge is 0.378 e. The molecule has 4 nitrogen and oxygen atoms in total. The van der Waals surface area contributed by atoms with Crippen LogP contribution in [0.1, 0.15) is 27.2 Å². The van der Waals surface area contributed by atoms with Gasteiger partial charge in [0.25, 0.3) is 0 Å². The van der Waals surface area contributed by atoms with E-state index in [2.05, 4.69) is 5.10 Å². The van der Waals surface area contributed by atoms with Crippen molar-refractivity contribution in [3.05, 3.63) is 51.8 Å². The third-order valence-electron chi connectivity index (χ3n) is 2.85. The number of carbonyl (C=O) groups excluding carboxylic acids is 1. The number of hydrogen-bond acceptors (Lipinski definition) is 3. The number of aldehydes is 1. The summed E-state index contributed by atoms with van der Waals surface area (Å²) in [5.41, 5.74) is 3.24. The molecule has 1 heterocycles. The van der Waals surface area contributed by atoms with Gasteiger partial charge in [-0.3, -0.25) is 4.79 Å². The van der Waals surface area contributed by atoms with E-state index in [-0.39, 0.29) is 6.61 Å². The molecule has 5 heteroatoms. The fourth-order valence-corrected chi connectivity index (χ4v) is 2.08. The monoisotopic (exact) mass is 278 g/mol. The molecule has 0 radical (unpaired) electrons. The molecule has 0 saturated carbocycles. The van der Waals surface area contributed by atoms with E-state index in [1.807, 2.05) is 31.2 Å². The SMILES string of the molecule is COCc1nn(Cc2ccc(C)cc2)c(Cl)c1C=O. The summed E-state index contributed by atoms with van der Waals surface area (Å²) in [6.07, 6.45) is 0.718. The van der Waals surface area contributed by atoms with Crippen molar-refractivity contribution in [2.45, 2.75) is 20.1 Å². The molecule has 0 amide bonds. The number of hydrogen-bond donors (Lipinski definition) is 0. The minimum absolute atomic E-state index is 0.273. The van der Waals surface area contributed by atoms with E-state index in [4.69, 9.17) is 16.3 Å². The molecular formula is C14H15ClN2O2. The van der Waals surface area contributed by atoms with Gasteiger partial charge in [-0.05, 0) is 12.5 Å². The van der Waals surface area contributed by atoms with Crippen LogP contribution in [0.5, 0.6) is 0 Å². The van der Waals surface area contributed by atoms with Gasteiger partial charge >= 0.3 is 0 Å². The van der Waals surface area contributed by atoms with Gasteiger partial charge in [0, 0.05) is 7.11 Å². The number of halogens is 1. The van der Waals surface area contributed by atoms with Crippen LogP contribution in [0.15, 0.2) is 24.3 Å². The Labute approximate surface area is 116 Å². The third-order valence-corrected chi connectivity index (χ3v) is 3.25. The first-order valence-corrected chi connectivity index (χ1v) is 6.28. The van der Waals surface area contributed by atoms with Crippen LogP contribution in [0.4, 0.5) is 0 Å². The standard InChI is InChI=1S/C14H15ClN2O2/c1-10-3-5-11(6-4-10)7-17-14(15)12(8-18)13(16-17)9-19-2/h3-6,8H,7,9H2,1-2H3. The van der Waals surface area contributed by atoms with Gasteiger partial charge < -0.3 is 4.74 Å². The van der Waals surface area contributed by atoms with Crippen LogP contribution >= 0.6 is 11.6 Å². The van der Waals surface area contributed by atoms with Gasteiger partial charge in [-0.1, -0.05) is 41.4 Å². The molecule has 0 atom stereocenters. The molecule has 0 aliphatic carbocycles. The molecule has 0 aliphatic heterocycles. The number of methoxy groups -OCH3 is 1. The fourth-order valence-electron chi connectivity index (χ4n) is 1.83. The van der Waals surface area contributed by atoms with E-state index in [9.17, 15) is 4.79 Å². The average molecular weight is 279 g/mol. The van der Waals surface area contributed by atoms with Crippen molar-refractivity contribution in [3.63, 3.8) is 0 Å². The molecule has 1 aromatic heterocycles. The molecule has 19 heavy (non-hydrogen) atoms. The molecule has 100 valence electrons. The molecule has 0 fully saturated rings. The van der Waals surface area contributed by atoms with Crippen LogP contribution in [0.2, 0.25) is 5.15 Å². The van der Waals surface area contributed by atoms with Crippen LogP contribution in [0.25, 0.3) is 0 Å². The van der Waals surface area contributed by atoms with Crippen molar-refractivity contribution in [2.75, 3.05) is 7.11 Å². The van der Waals surface area contributed by atoms with Gasteiger partial charge in [0.1, 0.15) is 10.8 Å². The zero-order chi connectivity index (χ0) is 13.8. The minimum atomic E-state index is 0.273. The highest BCUT2D eigenvalue weighted by Crippen LogP contribution is 2.20. The Morgan fingerprint density at radius 3 is 2.63 bits per heavy atom. The lowest BCUT2D eigenvalue weighted by Gasteiger charge is -2.04. The van der Waals surface area contributed by atoms with E-state index < -0.39 is 0 Å². The Morgan fingerprint density at radius 2 is 2.05 bits per heavy atom. The second kappa shape index (κ2) is 5.99. The van der Waals surface area contributed by atoms with Crippen molar-refractivity contribution >= 4 is 17.9 Å². The summed E-state index contributed by atoms with van der Waals surface area (Å²) < 4.78 is 6.63. The first kappa shape index (κ1) is 13.8. The quantitative estimate of drug-likeness (QED) is 0.790. The highest BCUT2D eigenvalue weighted by Gasteiger charge is 2.15. The Hall–Kier alpha value is -1.65. The lowest BCUT2D eigenvalue weighted by Crippen LogP contribution is -2.02. The van der Waals surface area contributed by atoms with E-state index in [0.717, 1.165) is 11.8 Å². The number of nitrogens with zero attached hydrogens (tertiary/aromatic N) is 2. The van der Waals surface area contributed by atoms with Gasteiger partial charge in [-0.2, -0.15) is 5.10 Å². The minimum Gasteiger partial charge on any atom is -0.378 e. The van der Waals surface area contributed by atoms with E-state index in [1.165, 1.54) is 5.56 Å². The van der Waals surface area contributed by atoms with Gasteiger partial charge in [0.2, 0.25) is 0 Å². The second-order valence-corrected chi connectivity index (χ2v) is 4.70. The van der Waals surface area contributed by atoms with Crippen LogP contribution < -0.4 is 0 Å². The molecule has 2 rings (SSSR count). The van der Waals surface area contributed by atoms with Crippen molar-refractivity contribution in [3.8, 4) is 0 Å². The highest BCUT2D eigenvalue weighted by molar-refractivity contribution is 6.32. The smallest absolute Gasteiger partial charge is 0.155 e. The van der Waals surface area contributed by atoms with Gasteiger partial charge in [-0.15, -0.1) is 0 Å². The first-order chi connectivity index (χ1) is 9.15. The summed E-state index contributed by atoms with van der Waals surface area (Å²) in [7, 11) is 1.56. The summed E-state index contributed by atoms with van der Waals surface area (Å²) >= 11 is 6.16. The molecule has 1 aromatic carbocycles. The Balaban J connectivity index is 2.29. The first-order valence-electron chi connectivity index (χ1n) is 5.90. The van der Waals surface area contributed by atoms with Gasteiger partial charge in [0.05, 0.1) is 18.7 Å². The van der Waals surface area contributed by atoms with Gasteiger partial charge in [0.15, 0.2) is 6.29 Å². The van der Waals surface area contributed by atoms with Gasteiger partial charge in [-0.25, -0.2) is 4.68 Å². The highest BCUT2D eigenvalue weighted by atomic mass is 35.5. The fraction of sp³-hybridized carbons (Fsp3) is 0.286. The van der Waals surface area contributed by atoms with Crippen molar-refractivity contribution in [1.82, 2.24) is 9.78 Å². The van der Waals surface area contributed by atoms with Crippen molar-refractivity contribution < 1.29 is 9.53 Å². The van der Waals surface area contributed by atoms with Crippen molar-refractivity contribution in [1.29, 1.82) is 0 Å². The number of aromatic nitrogens is 2. The van der Waals surface area contributed by atoms with Crippen LogP contribution in [0, 0.1) is 6.92 Å². The molecule has 0 bridgehead atoms. The number of aryl methyl sites for hydroxylation is 1. The lowest BCUT2D eigenvalue weighted by molar-refractivity contribution is 0.111. The van der Waals surface area contributed by atoms with Crippen LogP contribution in [-0.4, -0.2) is 23.2 Å². The van der Waals surface area contributed by atoms with E-state index >= 15 is 0 Å². The Morgan fingerprint density at radius 1 is 1.37 bits per heavy atom. The zero-order valence-corrected chi connectivity index (χ0v) is 11.6. The maximum absolute atomic E-state index is 11.0. The summed E-state index contributed by atoms with van der Waals surface area (Å²) in [6.45, 7) is 2.84. The molecule has 0 unspecified atom stereocenters. The molecule has 0 saturated heterocycles. The molecular weight excluding hydrogens is 264 g/mol. The predicted molar refractivity (Wildman–Crippen MR) is 73.6 cm³/mol. The number of rotatable bonds is 5. The molecule has 0 aliphatic rings. The predicted octanol–water partition coefficient (Wildman–Crippen LogP) is 2.85. The maximum atomic E-state index is 11.0. The summed E-state index contributed by atoms with van der Waals surface area (Å²) in [5, 5.41) is 4.67. The molecule has 0 spiro atoms. The van der Waals surface area contributed by atoms with Crippen LogP contribution in [0.3, 0.4) is 0 Å². The second-order valence-electron chi connectivity index (χ2n) is 4.35. The topological polar surface area (TPSA) is 44.1 Å². The Kier molecular flexibility index (Phi) is 4.35. The molecule has 0 N–H and O–H groups in total. The number of benzene rings is 1. The van der Waals surface area contributed by atoms with Crippen molar-refractivity contribution in [2.24, 2.45) is 0 Å². The third kappa shape index (κ3) is 3.03. The summed E-state index contributed by atoms with van der Waals surface area (Å²) in [6, 6.07) is 8.10.